The summed E-state index contributed by atoms with van der Waals surface area (Å²) in [6.45, 7) is 12.3. The second kappa shape index (κ2) is 7.91. The van der Waals surface area contributed by atoms with E-state index in [1.165, 1.54) is 16.9 Å². The predicted octanol–water partition coefficient (Wildman–Crippen LogP) is 4.26. The summed E-state index contributed by atoms with van der Waals surface area (Å²) >= 11 is 0. The highest BCUT2D eigenvalue weighted by atomic mass is 14.9. The summed E-state index contributed by atoms with van der Waals surface area (Å²) in [4.78, 5) is 4.14. The summed E-state index contributed by atoms with van der Waals surface area (Å²) in [6.07, 6.45) is 4.86. The van der Waals surface area contributed by atoms with Crippen molar-refractivity contribution in [3.8, 4) is 0 Å². The first kappa shape index (κ1) is 14.7. The average molecular weight is 220 g/mol. The van der Waals surface area contributed by atoms with Crippen LogP contribution in [0.5, 0.6) is 0 Å². The lowest BCUT2D eigenvalue weighted by atomic mass is 10.3. The van der Waals surface area contributed by atoms with Crippen LogP contribution in [-0.4, -0.2) is 9.38 Å². The zero-order chi connectivity index (χ0) is 12.6. The standard InChI is InChI=1S/C10H12N2.2C2H6/c1-3-9-4-5-10-7-11-6-8(2)12(9)10;2*1-2/h4-7H,3H2,1-2H3;2*1-2H3. The average Bonchev–Trinajstić information content (AvgIpc) is 2.79. The molecule has 0 radical (unpaired) electrons. The predicted molar refractivity (Wildman–Crippen MR) is 72.0 cm³/mol. The number of fused-ring (bicyclic) bond motifs is 1. The van der Waals surface area contributed by atoms with E-state index in [-0.39, 0.29) is 0 Å². The van der Waals surface area contributed by atoms with Crippen molar-refractivity contribution in [3.63, 3.8) is 0 Å². The molecule has 0 saturated heterocycles. The van der Waals surface area contributed by atoms with Gasteiger partial charge in [0, 0.05) is 17.6 Å². The van der Waals surface area contributed by atoms with Crippen LogP contribution in [-0.2, 0) is 6.42 Å². The summed E-state index contributed by atoms with van der Waals surface area (Å²) in [6, 6.07) is 4.27. The van der Waals surface area contributed by atoms with E-state index in [9.17, 15) is 0 Å². The van der Waals surface area contributed by atoms with E-state index in [1.54, 1.807) is 0 Å². The normalized spacial score (nSPS) is 8.88. The fraction of sp³-hybridized carbons (Fsp3) is 0.500. The Morgan fingerprint density at radius 2 is 1.69 bits per heavy atom. The van der Waals surface area contributed by atoms with Gasteiger partial charge in [0.15, 0.2) is 0 Å². The second-order valence-electron chi connectivity index (χ2n) is 2.99. The molecule has 2 aromatic heterocycles. The van der Waals surface area contributed by atoms with E-state index in [4.69, 9.17) is 0 Å². The maximum absolute atomic E-state index is 4.14. The third-order valence-electron chi connectivity index (χ3n) is 2.18. The Morgan fingerprint density at radius 3 is 2.25 bits per heavy atom. The molecule has 2 heterocycles. The summed E-state index contributed by atoms with van der Waals surface area (Å²) in [5.74, 6) is 0. The molecule has 0 N–H and O–H groups in total. The Bertz CT molecular complexity index is 402. The number of hydrogen-bond acceptors (Lipinski definition) is 1. The molecule has 0 bridgehead atoms. The molecule has 2 heteroatoms. The molecule has 0 fully saturated rings. The Balaban J connectivity index is 0.000000509. The quantitative estimate of drug-likeness (QED) is 0.702. The first-order valence-corrected chi connectivity index (χ1v) is 6.24. The Morgan fingerprint density at radius 1 is 1.06 bits per heavy atom. The van der Waals surface area contributed by atoms with Crippen molar-refractivity contribution in [2.24, 2.45) is 0 Å². The summed E-state index contributed by atoms with van der Waals surface area (Å²) < 4.78 is 2.24. The summed E-state index contributed by atoms with van der Waals surface area (Å²) in [5.41, 5.74) is 3.74. The van der Waals surface area contributed by atoms with Crippen LogP contribution in [0.2, 0.25) is 0 Å². The van der Waals surface area contributed by atoms with E-state index in [0.29, 0.717) is 0 Å². The van der Waals surface area contributed by atoms with Gasteiger partial charge in [-0.3, -0.25) is 4.98 Å². The first-order chi connectivity index (χ1) is 7.83. The third kappa shape index (κ3) is 3.09. The SMILES string of the molecule is CC.CC.CCc1ccc2cncc(C)n12. The minimum atomic E-state index is 1.07. The molecule has 90 valence electrons. The van der Waals surface area contributed by atoms with Crippen LogP contribution >= 0.6 is 0 Å². The van der Waals surface area contributed by atoms with Crippen LogP contribution in [0.1, 0.15) is 46.0 Å². The zero-order valence-electron chi connectivity index (χ0n) is 11.4. The Kier molecular flexibility index (Phi) is 7.27. The Labute approximate surface area is 99.3 Å². The van der Waals surface area contributed by atoms with Gasteiger partial charge in [-0.15, -0.1) is 0 Å². The number of aromatic nitrogens is 2. The van der Waals surface area contributed by atoms with Gasteiger partial charge >= 0.3 is 0 Å². The van der Waals surface area contributed by atoms with Crippen molar-refractivity contribution >= 4 is 5.52 Å². The third-order valence-corrected chi connectivity index (χ3v) is 2.18. The topological polar surface area (TPSA) is 17.3 Å². The maximum Gasteiger partial charge on any atom is 0.0639 e. The van der Waals surface area contributed by atoms with Crippen molar-refractivity contribution in [1.82, 2.24) is 9.38 Å². The van der Waals surface area contributed by atoms with Crippen molar-refractivity contribution in [1.29, 1.82) is 0 Å². The molecule has 0 spiro atoms. The van der Waals surface area contributed by atoms with Gasteiger partial charge in [0.05, 0.1) is 11.7 Å². The number of aryl methyl sites for hydroxylation is 2. The van der Waals surface area contributed by atoms with Crippen molar-refractivity contribution in [2.45, 2.75) is 48.0 Å². The van der Waals surface area contributed by atoms with Gasteiger partial charge in [-0.25, -0.2) is 0 Å². The minimum absolute atomic E-state index is 1.07. The van der Waals surface area contributed by atoms with E-state index in [2.05, 4.69) is 35.4 Å². The number of rotatable bonds is 1. The molecule has 0 aliphatic heterocycles. The van der Waals surface area contributed by atoms with Crippen molar-refractivity contribution in [3.05, 3.63) is 35.9 Å². The van der Waals surface area contributed by atoms with Crippen LogP contribution in [0.4, 0.5) is 0 Å². The van der Waals surface area contributed by atoms with Crippen molar-refractivity contribution in [2.75, 3.05) is 0 Å². The van der Waals surface area contributed by atoms with Gasteiger partial charge in [-0.05, 0) is 25.5 Å². The molecule has 0 saturated carbocycles. The molecule has 0 unspecified atom stereocenters. The van der Waals surface area contributed by atoms with E-state index in [1.807, 2.05) is 40.1 Å². The highest BCUT2D eigenvalue weighted by Crippen LogP contribution is 2.11. The van der Waals surface area contributed by atoms with Crippen LogP contribution < -0.4 is 0 Å². The van der Waals surface area contributed by atoms with E-state index in [0.717, 1.165) is 6.42 Å². The Hall–Kier alpha value is -1.31. The van der Waals surface area contributed by atoms with Gasteiger partial charge in [0.25, 0.3) is 0 Å². The minimum Gasteiger partial charge on any atom is -0.315 e. The van der Waals surface area contributed by atoms with Gasteiger partial charge in [-0.2, -0.15) is 0 Å². The maximum atomic E-state index is 4.14. The molecular weight excluding hydrogens is 196 g/mol. The highest BCUT2D eigenvalue weighted by Gasteiger charge is 2.00. The molecule has 0 aliphatic rings. The molecule has 0 amide bonds. The van der Waals surface area contributed by atoms with Gasteiger partial charge < -0.3 is 4.40 Å². The molecular formula is C14H24N2. The molecule has 2 rings (SSSR count). The van der Waals surface area contributed by atoms with Crippen LogP contribution in [0.25, 0.3) is 5.52 Å². The van der Waals surface area contributed by atoms with E-state index >= 15 is 0 Å². The van der Waals surface area contributed by atoms with Gasteiger partial charge in [0.1, 0.15) is 0 Å². The summed E-state index contributed by atoms with van der Waals surface area (Å²) in [5, 5.41) is 0. The van der Waals surface area contributed by atoms with Crippen molar-refractivity contribution < 1.29 is 0 Å². The highest BCUT2D eigenvalue weighted by molar-refractivity contribution is 5.48. The van der Waals surface area contributed by atoms with Crippen LogP contribution in [0.3, 0.4) is 0 Å². The lowest BCUT2D eigenvalue weighted by Crippen LogP contribution is -1.95. The lowest BCUT2D eigenvalue weighted by molar-refractivity contribution is 0.945. The second-order valence-corrected chi connectivity index (χ2v) is 2.99. The lowest BCUT2D eigenvalue weighted by Gasteiger charge is -2.02. The fourth-order valence-electron chi connectivity index (χ4n) is 1.58. The smallest absolute Gasteiger partial charge is 0.0639 e. The molecule has 2 aromatic rings. The number of hydrogen-bond donors (Lipinski definition) is 0. The first-order valence-electron chi connectivity index (χ1n) is 6.24. The molecule has 0 aromatic carbocycles. The van der Waals surface area contributed by atoms with Crippen LogP contribution in [0.15, 0.2) is 24.5 Å². The monoisotopic (exact) mass is 220 g/mol. The van der Waals surface area contributed by atoms with Crippen LogP contribution in [0, 0.1) is 6.92 Å². The molecule has 0 aliphatic carbocycles. The molecule has 0 atom stereocenters. The van der Waals surface area contributed by atoms with Gasteiger partial charge in [0.2, 0.25) is 0 Å². The van der Waals surface area contributed by atoms with Gasteiger partial charge in [-0.1, -0.05) is 34.6 Å². The van der Waals surface area contributed by atoms with E-state index < -0.39 is 0 Å². The number of nitrogens with zero attached hydrogens (tertiary/aromatic N) is 2. The molecule has 16 heavy (non-hydrogen) atoms. The summed E-state index contributed by atoms with van der Waals surface area (Å²) in [7, 11) is 0. The zero-order valence-corrected chi connectivity index (χ0v) is 11.4. The fourth-order valence-corrected chi connectivity index (χ4v) is 1.58. The molecule has 2 nitrogen and oxygen atoms in total. The largest absolute Gasteiger partial charge is 0.315 e.